The topological polar surface area (TPSA) is 0 Å². The van der Waals surface area contributed by atoms with E-state index in [0.29, 0.717) is 0 Å². The van der Waals surface area contributed by atoms with E-state index in [1.165, 1.54) is 0 Å². The van der Waals surface area contributed by atoms with Crippen molar-refractivity contribution >= 4 is 11.6 Å². The molecule has 0 spiro atoms. The third-order valence-electron chi connectivity index (χ3n) is 1.32. The first-order valence-electron chi connectivity index (χ1n) is 2.98. The molecule has 0 aromatic carbocycles. The lowest BCUT2D eigenvalue weighted by Crippen LogP contribution is -2.58. The maximum absolute atomic E-state index is 12.2. The van der Waals surface area contributed by atoms with Crippen LogP contribution in [-0.2, 0) is 0 Å². The first kappa shape index (κ1) is 13.7. The van der Waals surface area contributed by atoms with Crippen molar-refractivity contribution in [2.75, 3.05) is 5.88 Å². The average Bonchev–Trinajstić information content (AvgIpc) is 2.03. The summed E-state index contributed by atoms with van der Waals surface area (Å²) in [5.74, 6) is -19.9. The molecule has 14 heavy (non-hydrogen) atoms. The Balaban J connectivity index is 5.14. The maximum atomic E-state index is 12.2. The molecule has 0 rings (SSSR count). The first-order valence-corrected chi connectivity index (χ1v) is 3.51. The van der Waals surface area contributed by atoms with Crippen LogP contribution in [0.1, 0.15) is 0 Å². The molecule has 0 aromatic heterocycles. The Bertz CT molecular complexity index is 200. The van der Waals surface area contributed by atoms with Crippen LogP contribution < -0.4 is 0 Å². The lowest BCUT2D eigenvalue weighted by molar-refractivity contribution is -0.332. The molecule has 0 aliphatic carbocycles. The van der Waals surface area contributed by atoms with Gasteiger partial charge in [-0.2, -0.15) is 26.3 Å². The molecule has 0 unspecified atom stereocenters. The molecular weight excluding hydrogens is 247 g/mol. The van der Waals surface area contributed by atoms with Crippen molar-refractivity contribution in [3.8, 4) is 0 Å². The van der Waals surface area contributed by atoms with E-state index in [1.54, 1.807) is 0 Å². The van der Waals surface area contributed by atoms with E-state index in [2.05, 4.69) is 11.6 Å². The quantitative estimate of drug-likeness (QED) is 0.530. The molecule has 9 heteroatoms. The Hall–Kier alpha value is -0.270. The highest BCUT2D eigenvalue weighted by atomic mass is 35.5. The lowest BCUT2D eigenvalue weighted by Gasteiger charge is -2.30. The molecule has 0 heterocycles. The summed E-state index contributed by atoms with van der Waals surface area (Å²) in [6.07, 6.45) is -4.90. The van der Waals surface area contributed by atoms with Gasteiger partial charge in [0.15, 0.2) is 0 Å². The monoisotopic (exact) mass is 250 g/mol. The largest absolute Gasteiger partial charge is 0.379 e. The minimum Gasteiger partial charge on any atom is -0.203 e. The standard InChI is InChI=1S/C5H3ClF8/c6-1-3(9,10)5(13,14)4(11,12)2(7)8/h2H,1H2. The fourth-order valence-corrected chi connectivity index (χ4v) is 0.633. The molecule has 0 atom stereocenters. The van der Waals surface area contributed by atoms with Gasteiger partial charge in [0.1, 0.15) is 0 Å². The minimum absolute atomic E-state index is 2.18. The zero-order chi connectivity index (χ0) is 11.8. The van der Waals surface area contributed by atoms with Crippen molar-refractivity contribution in [3.63, 3.8) is 0 Å². The SMILES string of the molecule is FC(F)C(F)(F)C(F)(F)C(F)(F)CCl. The van der Waals surface area contributed by atoms with Crippen LogP contribution in [0.5, 0.6) is 0 Å². The molecule has 0 saturated heterocycles. The molecule has 0 bridgehead atoms. The zero-order valence-corrected chi connectivity index (χ0v) is 6.94. The van der Waals surface area contributed by atoms with Crippen molar-refractivity contribution in [2.24, 2.45) is 0 Å². The third kappa shape index (κ3) is 1.89. The smallest absolute Gasteiger partial charge is 0.203 e. The third-order valence-corrected chi connectivity index (χ3v) is 1.66. The molecule has 0 aliphatic heterocycles. The molecule has 0 radical (unpaired) electrons. The molecule has 0 aliphatic rings. The molecule has 86 valence electrons. The Kier molecular flexibility index (Phi) is 3.64. The maximum Gasteiger partial charge on any atom is 0.379 e. The van der Waals surface area contributed by atoms with Crippen molar-refractivity contribution < 1.29 is 35.1 Å². The van der Waals surface area contributed by atoms with Crippen LogP contribution in [-0.4, -0.2) is 30.1 Å². The fraction of sp³-hybridized carbons (Fsp3) is 1.00. The van der Waals surface area contributed by atoms with Gasteiger partial charge in [0.2, 0.25) is 0 Å². The second-order valence-corrected chi connectivity index (χ2v) is 2.60. The van der Waals surface area contributed by atoms with E-state index in [9.17, 15) is 35.1 Å². The van der Waals surface area contributed by atoms with Gasteiger partial charge in [-0.15, -0.1) is 11.6 Å². The summed E-state index contributed by atoms with van der Waals surface area (Å²) in [5, 5.41) is 0. The van der Waals surface area contributed by atoms with Crippen molar-refractivity contribution in [2.45, 2.75) is 24.2 Å². The van der Waals surface area contributed by atoms with Gasteiger partial charge in [0.05, 0.1) is 5.88 Å². The summed E-state index contributed by atoms with van der Waals surface area (Å²) >= 11 is 4.28. The highest BCUT2D eigenvalue weighted by Gasteiger charge is 2.74. The lowest BCUT2D eigenvalue weighted by atomic mass is 10.1. The summed E-state index contributed by atoms with van der Waals surface area (Å²) in [5.41, 5.74) is 0. The highest BCUT2D eigenvalue weighted by Crippen LogP contribution is 2.48. The van der Waals surface area contributed by atoms with Crippen LogP contribution in [0.2, 0.25) is 0 Å². The molecular formula is C5H3ClF8. The van der Waals surface area contributed by atoms with Gasteiger partial charge < -0.3 is 0 Å². The summed E-state index contributed by atoms with van der Waals surface area (Å²) in [6, 6.07) is 0. The minimum atomic E-state index is -6.18. The van der Waals surface area contributed by atoms with Crippen molar-refractivity contribution in [1.82, 2.24) is 0 Å². The second-order valence-electron chi connectivity index (χ2n) is 2.34. The van der Waals surface area contributed by atoms with Crippen LogP contribution in [0.15, 0.2) is 0 Å². The van der Waals surface area contributed by atoms with Gasteiger partial charge in [-0.1, -0.05) is 0 Å². The summed E-state index contributed by atoms with van der Waals surface area (Å²) in [7, 11) is 0. The Labute approximate surface area is 77.8 Å². The number of rotatable bonds is 4. The van der Waals surface area contributed by atoms with E-state index in [-0.39, 0.29) is 0 Å². The van der Waals surface area contributed by atoms with E-state index in [0.717, 1.165) is 0 Å². The molecule has 0 saturated carbocycles. The summed E-state index contributed by atoms with van der Waals surface area (Å²) in [4.78, 5) is 0. The molecule has 0 fully saturated rings. The van der Waals surface area contributed by atoms with Crippen LogP contribution >= 0.6 is 11.6 Å². The molecule has 0 nitrogen and oxygen atoms in total. The van der Waals surface area contributed by atoms with Crippen LogP contribution in [0.3, 0.4) is 0 Å². The summed E-state index contributed by atoms with van der Waals surface area (Å²) in [6.45, 7) is 0. The van der Waals surface area contributed by atoms with Crippen LogP contribution in [0, 0.1) is 0 Å². The molecule has 0 amide bonds. The van der Waals surface area contributed by atoms with Crippen molar-refractivity contribution in [3.05, 3.63) is 0 Å². The zero-order valence-electron chi connectivity index (χ0n) is 6.19. The number of hydrogen-bond acceptors (Lipinski definition) is 0. The Morgan fingerprint density at radius 3 is 1.50 bits per heavy atom. The highest BCUT2D eigenvalue weighted by molar-refractivity contribution is 6.18. The predicted octanol–water partition coefficient (Wildman–Crippen LogP) is 3.40. The van der Waals surface area contributed by atoms with Crippen LogP contribution in [0.4, 0.5) is 35.1 Å². The molecule has 0 N–H and O–H groups in total. The first-order chi connectivity index (χ1) is 6.00. The van der Waals surface area contributed by atoms with Gasteiger partial charge >= 0.3 is 24.2 Å². The fourth-order valence-electron chi connectivity index (χ4n) is 0.465. The van der Waals surface area contributed by atoms with E-state index in [1.807, 2.05) is 0 Å². The van der Waals surface area contributed by atoms with E-state index >= 15 is 0 Å². The van der Waals surface area contributed by atoms with Gasteiger partial charge in [0, 0.05) is 0 Å². The van der Waals surface area contributed by atoms with E-state index in [4.69, 9.17) is 0 Å². The van der Waals surface area contributed by atoms with Gasteiger partial charge in [0.25, 0.3) is 0 Å². The van der Waals surface area contributed by atoms with Gasteiger partial charge in [-0.05, 0) is 0 Å². The normalized spacial score (nSPS) is 15.0. The average molecular weight is 251 g/mol. The van der Waals surface area contributed by atoms with Crippen molar-refractivity contribution in [1.29, 1.82) is 0 Å². The van der Waals surface area contributed by atoms with Gasteiger partial charge in [-0.3, -0.25) is 0 Å². The Morgan fingerprint density at radius 2 is 1.29 bits per heavy atom. The predicted molar refractivity (Wildman–Crippen MR) is 31.6 cm³/mol. The summed E-state index contributed by atoms with van der Waals surface area (Å²) < 4.78 is 95.2. The van der Waals surface area contributed by atoms with E-state index < -0.39 is 30.1 Å². The Morgan fingerprint density at radius 1 is 0.929 bits per heavy atom. The van der Waals surface area contributed by atoms with Gasteiger partial charge in [-0.25, -0.2) is 8.78 Å². The number of halogens is 9. The number of alkyl halides is 9. The number of hydrogen-bond donors (Lipinski definition) is 0. The van der Waals surface area contributed by atoms with Crippen LogP contribution in [0.25, 0.3) is 0 Å². The molecule has 0 aromatic rings. The second kappa shape index (κ2) is 3.71.